The number of benzene rings is 3. The Morgan fingerprint density at radius 3 is 2.41 bits per heavy atom. The molecule has 0 radical (unpaired) electrons. The normalized spacial score (nSPS) is 14.1. The van der Waals surface area contributed by atoms with E-state index in [1.807, 2.05) is 30.3 Å². The summed E-state index contributed by atoms with van der Waals surface area (Å²) in [6.45, 7) is 0. The third kappa shape index (κ3) is 3.50. The number of Topliss-reactive ketones (excluding diaryl/α,β-unsaturated/α-hetero) is 1. The molecule has 3 aromatic rings. The average molecular weight is 429 g/mol. The van der Waals surface area contributed by atoms with Crippen LogP contribution < -0.4 is 4.74 Å². The zero-order valence-corrected chi connectivity index (χ0v) is 16.3. The summed E-state index contributed by atoms with van der Waals surface area (Å²) in [6.07, 6.45) is 1.52. The second-order valence-corrected chi connectivity index (χ2v) is 7.37. The first kappa shape index (κ1) is 19.2. The van der Waals surface area contributed by atoms with Gasteiger partial charge in [0.05, 0.1) is 5.02 Å². The van der Waals surface area contributed by atoms with Gasteiger partial charge in [0.1, 0.15) is 28.6 Å². The van der Waals surface area contributed by atoms with E-state index in [2.05, 4.69) is 0 Å². The van der Waals surface area contributed by atoms with Crippen molar-refractivity contribution in [2.24, 2.45) is 0 Å². The molecule has 0 aliphatic carbocycles. The summed E-state index contributed by atoms with van der Waals surface area (Å²) in [6, 6.07) is 13.3. The fourth-order valence-corrected chi connectivity index (χ4v) is 3.68. The van der Waals surface area contributed by atoms with Crippen molar-refractivity contribution in [1.29, 1.82) is 0 Å². The minimum atomic E-state index is -0.581. The molecule has 0 atom stereocenters. The highest BCUT2D eigenvalue weighted by atomic mass is 35.5. The van der Waals surface area contributed by atoms with E-state index >= 15 is 0 Å². The van der Waals surface area contributed by atoms with Crippen molar-refractivity contribution in [3.63, 3.8) is 0 Å². The van der Waals surface area contributed by atoms with E-state index in [0.717, 1.165) is 5.56 Å². The second kappa shape index (κ2) is 7.35. The lowest BCUT2D eigenvalue weighted by atomic mass is 9.98. The zero-order valence-electron chi connectivity index (χ0n) is 14.8. The molecular formula is C22H14Cl2O5. The summed E-state index contributed by atoms with van der Waals surface area (Å²) in [7, 11) is 0. The van der Waals surface area contributed by atoms with Crippen LogP contribution in [0.15, 0.2) is 54.3 Å². The van der Waals surface area contributed by atoms with Gasteiger partial charge in [-0.25, -0.2) is 0 Å². The SMILES string of the molecule is O=C1C(=Cc2cc(Cl)cc(Cl)c2O)Oc2cc(O)c(Cc3ccccc3)c(O)c21. The fourth-order valence-electron chi connectivity index (χ4n) is 3.17. The summed E-state index contributed by atoms with van der Waals surface area (Å²) < 4.78 is 5.52. The predicted molar refractivity (Wildman–Crippen MR) is 110 cm³/mol. The first-order chi connectivity index (χ1) is 13.8. The van der Waals surface area contributed by atoms with Gasteiger partial charge in [-0.1, -0.05) is 53.5 Å². The topological polar surface area (TPSA) is 87.0 Å². The highest BCUT2D eigenvalue weighted by Crippen LogP contribution is 2.45. The fraction of sp³-hybridized carbons (Fsp3) is 0.0455. The molecule has 0 saturated heterocycles. The summed E-state index contributed by atoms with van der Waals surface area (Å²) >= 11 is 11.9. The lowest BCUT2D eigenvalue weighted by molar-refractivity contribution is 0.101. The van der Waals surface area contributed by atoms with E-state index in [-0.39, 0.29) is 61.9 Å². The number of phenolic OH excluding ortho intramolecular Hbond substituents is 3. The third-order valence-electron chi connectivity index (χ3n) is 4.58. The lowest BCUT2D eigenvalue weighted by Crippen LogP contribution is -2.00. The van der Waals surface area contributed by atoms with Crippen LogP contribution in [0.4, 0.5) is 0 Å². The lowest BCUT2D eigenvalue weighted by Gasteiger charge is -2.10. The molecule has 146 valence electrons. The van der Waals surface area contributed by atoms with Crippen LogP contribution in [0.1, 0.15) is 27.0 Å². The van der Waals surface area contributed by atoms with Crippen molar-refractivity contribution in [3.05, 3.63) is 86.6 Å². The van der Waals surface area contributed by atoms with E-state index in [4.69, 9.17) is 27.9 Å². The smallest absolute Gasteiger partial charge is 0.235 e. The van der Waals surface area contributed by atoms with Gasteiger partial charge in [-0.3, -0.25) is 4.79 Å². The Balaban J connectivity index is 1.75. The van der Waals surface area contributed by atoms with Gasteiger partial charge in [0, 0.05) is 28.6 Å². The number of allylic oxidation sites excluding steroid dienone is 1. The molecule has 0 fully saturated rings. The number of halogens is 2. The quantitative estimate of drug-likeness (QED) is 0.491. The Bertz CT molecular complexity index is 1170. The molecule has 3 aromatic carbocycles. The minimum Gasteiger partial charge on any atom is -0.507 e. The number of fused-ring (bicyclic) bond motifs is 1. The monoisotopic (exact) mass is 428 g/mol. The van der Waals surface area contributed by atoms with Crippen molar-refractivity contribution in [2.75, 3.05) is 0 Å². The molecule has 7 heteroatoms. The van der Waals surface area contributed by atoms with Crippen LogP contribution >= 0.6 is 23.2 Å². The van der Waals surface area contributed by atoms with E-state index in [1.165, 1.54) is 24.3 Å². The highest BCUT2D eigenvalue weighted by molar-refractivity contribution is 6.36. The van der Waals surface area contributed by atoms with Crippen LogP contribution in [0.5, 0.6) is 23.0 Å². The van der Waals surface area contributed by atoms with Crippen LogP contribution in [0, 0.1) is 0 Å². The van der Waals surface area contributed by atoms with Crippen LogP contribution in [0.3, 0.4) is 0 Å². The van der Waals surface area contributed by atoms with Gasteiger partial charge in [0.2, 0.25) is 5.78 Å². The first-order valence-corrected chi connectivity index (χ1v) is 9.34. The predicted octanol–water partition coefficient (Wildman–Crippen LogP) is 5.32. The molecule has 3 N–H and O–H groups in total. The zero-order chi connectivity index (χ0) is 20.7. The molecule has 1 heterocycles. The van der Waals surface area contributed by atoms with E-state index < -0.39 is 5.78 Å². The molecule has 29 heavy (non-hydrogen) atoms. The van der Waals surface area contributed by atoms with Gasteiger partial charge in [-0.2, -0.15) is 0 Å². The standard InChI is InChI=1S/C22H14Cl2O5/c23-13-7-12(20(26)15(24)9-13)8-18-22(28)19-17(29-18)10-16(25)14(21(19)27)6-11-4-2-1-3-5-11/h1-5,7-10,25-27H,6H2. The van der Waals surface area contributed by atoms with E-state index in [0.29, 0.717) is 0 Å². The Morgan fingerprint density at radius 1 is 0.966 bits per heavy atom. The van der Waals surface area contributed by atoms with Crippen molar-refractivity contribution < 1.29 is 24.9 Å². The van der Waals surface area contributed by atoms with Gasteiger partial charge < -0.3 is 20.1 Å². The molecule has 5 nitrogen and oxygen atoms in total. The summed E-state index contributed by atoms with van der Waals surface area (Å²) in [4.78, 5) is 12.8. The molecule has 1 aliphatic heterocycles. The Kier molecular flexibility index (Phi) is 4.86. The number of phenols is 3. The summed E-state index contributed by atoms with van der Waals surface area (Å²) in [5.74, 6) is -1.48. The number of ether oxygens (including phenoxy) is 1. The molecule has 0 saturated carbocycles. The van der Waals surface area contributed by atoms with E-state index in [1.54, 1.807) is 0 Å². The number of hydrogen-bond donors (Lipinski definition) is 3. The number of carbonyl (C=O) groups is 1. The minimum absolute atomic E-state index is 0.0259. The Morgan fingerprint density at radius 2 is 1.69 bits per heavy atom. The number of rotatable bonds is 3. The Hall–Kier alpha value is -3.15. The van der Waals surface area contributed by atoms with Crippen LogP contribution in [-0.2, 0) is 6.42 Å². The average Bonchev–Trinajstić information content (AvgIpc) is 2.99. The summed E-state index contributed by atoms with van der Waals surface area (Å²) in [5.41, 5.74) is 1.22. The van der Waals surface area contributed by atoms with Crippen molar-refractivity contribution >= 4 is 35.1 Å². The van der Waals surface area contributed by atoms with Gasteiger partial charge >= 0.3 is 0 Å². The van der Waals surface area contributed by atoms with Crippen molar-refractivity contribution in [3.8, 4) is 23.0 Å². The number of ketones is 1. The van der Waals surface area contributed by atoms with Crippen LogP contribution in [0.25, 0.3) is 6.08 Å². The Labute approximate surface area is 176 Å². The van der Waals surface area contributed by atoms with Crippen molar-refractivity contribution in [2.45, 2.75) is 6.42 Å². The van der Waals surface area contributed by atoms with Crippen LogP contribution in [-0.4, -0.2) is 21.1 Å². The highest BCUT2D eigenvalue weighted by Gasteiger charge is 2.34. The number of hydrogen-bond acceptors (Lipinski definition) is 5. The third-order valence-corrected chi connectivity index (χ3v) is 5.09. The second-order valence-electron chi connectivity index (χ2n) is 6.52. The molecule has 0 aromatic heterocycles. The molecule has 0 unspecified atom stereocenters. The number of aromatic hydroxyl groups is 3. The van der Waals surface area contributed by atoms with E-state index in [9.17, 15) is 20.1 Å². The molecule has 0 spiro atoms. The maximum absolute atomic E-state index is 12.8. The molecule has 0 bridgehead atoms. The van der Waals surface area contributed by atoms with Gasteiger partial charge in [0.15, 0.2) is 5.76 Å². The molecular weight excluding hydrogens is 415 g/mol. The maximum Gasteiger partial charge on any atom is 0.235 e. The van der Waals surface area contributed by atoms with Crippen molar-refractivity contribution in [1.82, 2.24) is 0 Å². The van der Waals surface area contributed by atoms with Gasteiger partial charge in [0.25, 0.3) is 0 Å². The number of carbonyl (C=O) groups excluding carboxylic acids is 1. The molecule has 0 amide bonds. The largest absolute Gasteiger partial charge is 0.507 e. The first-order valence-electron chi connectivity index (χ1n) is 8.59. The van der Waals surface area contributed by atoms with Gasteiger partial charge in [-0.05, 0) is 23.8 Å². The molecule has 1 aliphatic rings. The van der Waals surface area contributed by atoms with Crippen LogP contribution in [0.2, 0.25) is 10.0 Å². The summed E-state index contributed by atoms with van der Waals surface area (Å²) in [5, 5.41) is 31.4. The molecule has 4 rings (SSSR count). The van der Waals surface area contributed by atoms with Gasteiger partial charge in [-0.15, -0.1) is 0 Å². The maximum atomic E-state index is 12.8.